The number of aryl methyl sites for hydroxylation is 2. The molecule has 4 rings (SSSR count). The van der Waals surface area contributed by atoms with E-state index >= 15 is 0 Å². The summed E-state index contributed by atoms with van der Waals surface area (Å²) in [6, 6.07) is 25.2. The fraction of sp³-hybridized carbons (Fsp3) is 0.125. The van der Waals surface area contributed by atoms with E-state index in [1.807, 2.05) is 92.7 Å². The van der Waals surface area contributed by atoms with Crippen molar-refractivity contribution in [2.75, 3.05) is 11.2 Å². The Kier molecular flexibility index (Phi) is 6.04. The summed E-state index contributed by atoms with van der Waals surface area (Å²) in [4.78, 5) is 13.2. The molecule has 0 fully saturated rings. The van der Waals surface area contributed by atoms with Gasteiger partial charge in [-0.1, -0.05) is 89.6 Å². The predicted octanol–water partition coefficient (Wildman–Crippen LogP) is 4.75. The zero-order chi connectivity index (χ0) is 21.8. The van der Waals surface area contributed by atoms with Crippen molar-refractivity contribution in [3.05, 3.63) is 95.6 Å². The third-order valence-corrected chi connectivity index (χ3v) is 6.07. The Balaban J connectivity index is 1.62. The lowest BCUT2D eigenvalue weighted by molar-refractivity contribution is -0.115. The van der Waals surface area contributed by atoms with E-state index in [-0.39, 0.29) is 5.91 Å². The number of rotatable bonds is 6. The van der Waals surface area contributed by atoms with Crippen molar-refractivity contribution >= 4 is 23.4 Å². The van der Waals surface area contributed by atoms with Crippen LogP contribution in [0.3, 0.4) is 0 Å². The largest absolute Gasteiger partial charge is 0.335 e. The zero-order valence-corrected chi connectivity index (χ0v) is 18.1. The molecule has 1 atom stereocenters. The highest BCUT2D eigenvalue weighted by atomic mass is 32.2. The Morgan fingerprint density at radius 2 is 1.52 bits per heavy atom. The number of carbonyl (C=O) groups is 1. The molecule has 7 heteroatoms. The summed E-state index contributed by atoms with van der Waals surface area (Å²) in [6.45, 7) is 4.03. The van der Waals surface area contributed by atoms with Crippen LogP contribution in [0.25, 0.3) is 11.4 Å². The van der Waals surface area contributed by atoms with Gasteiger partial charge in [-0.2, -0.15) is 0 Å². The fourth-order valence-electron chi connectivity index (χ4n) is 3.11. The van der Waals surface area contributed by atoms with Crippen LogP contribution in [0.15, 0.2) is 84.0 Å². The number of nitrogens with two attached hydrogens (primary N) is 1. The molecule has 0 spiro atoms. The number of amides is 1. The topological polar surface area (TPSA) is 85.8 Å². The molecule has 156 valence electrons. The summed E-state index contributed by atoms with van der Waals surface area (Å²) < 4.78 is 1.43. The van der Waals surface area contributed by atoms with Gasteiger partial charge < -0.3 is 11.2 Å². The average molecular weight is 430 g/mol. The number of thioether (sulfide) groups is 1. The van der Waals surface area contributed by atoms with E-state index < -0.39 is 5.25 Å². The number of carbonyl (C=O) groups excluding carboxylic acids is 1. The van der Waals surface area contributed by atoms with Crippen molar-refractivity contribution in [2.24, 2.45) is 0 Å². The van der Waals surface area contributed by atoms with Gasteiger partial charge >= 0.3 is 0 Å². The highest BCUT2D eigenvalue weighted by molar-refractivity contribution is 8.00. The first-order chi connectivity index (χ1) is 15.0. The number of nitrogen functional groups attached to an aromatic ring is 1. The van der Waals surface area contributed by atoms with Gasteiger partial charge in [0.1, 0.15) is 5.25 Å². The molecular weight excluding hydrogens is 406 g/mol. The number of hydrogen-bond donors (Lipinski definition) is 2. The number of benzene rings is 3. The molecule has 31 heavy (non-hydrogen) atoms. The number of aromatic nitrogens is 3. The van der Waals surface area contributed by atoms with Crippen LogP contribution in [-0.2, 0) is 4.79 Å². The van der Waals surface area contributed by atoms with Gasteiger partial charge in [0.05, 0.1) is 0 Å². The minimum Gasteiger partial charge on any atom is -0.335 e. The molecule has 0 unspecified atom stereocenters. The maximum atomic E-state index is 13.2. The van der Waals surface area contributed by atoms with Crippen molar-refractivity contribution in [3.63, 3.8) is 0 Å². The van der Waals surface area contributed by atoms with Crippen molar-refractivity contribution in [1.82, 2.24) is 14.9 Å². The van der Waals surface area contributed by atoms with Gasteiger partial charge in [-0.15, -0.1) is 10.2 Å². The molecule has 4 aromatic rings. The summed E-state index contributed by atoms with van der Waals surface area (Å²) in [6.07, 6.45) is 0. The van der Waals surface area contributed by atoms with Crippen LogP contribution in [0.2, 0.25) is 0 Å². The van der Waals surface area contributed by atoms with Crippen LogP contribution in [-0.4, -0.2) is 20.8 Å². The molecule has 0 bridgehead atoms. The normalized spacial score (nSPS) is 11.8. The first-order valence-corrected chi connectivity index (χ1v) is 10.8. The quantitative estimate of drug-likeness (QED) is 0.341. The minimum atomic E-state index is -0.542. The maximum absolute atomic E-state index is 13.2. The van der Waals surface area contributed by atoms with Crippen molar-refractivity contribution < 1.29 is 4.79 Å². The molecule has 0 radical (unpaired) electrons. The number of nitrogens with one attached hydrogen (secondary N) is 1. The van der Waals surface area contributed by atoms with Gasteiger partial charge in [0.25, 0.3) is 0 Å². The molecule has 0 aliphatic carbocycles. The lowest BCUT2D eigenvalue weighted by Crippen LogP contribution is -2.20. The van der Waals surface area contributed by atoms with Gasteiger partial charge in [0.15, 0.2) is 5.82 Å². The van der Waals surface area contributed by atoms with E-state index in [1.54, 1.807) is 0 Å². The number of anilines is 1. The minimum absolute atomic E-state index is 0.153. The number of hydrogen-bond acceptors (Lipinski definition) is 5. The van der Waals surface area contributed by atoms with Crippen molar-refractivity contribution in [2.45, 2.75) is 24.3 Å². The van der Waals surface area contributed by atoms with Gasteiger partial charge in [-0.25, -0.2) is 4.68 Å². The molecular formula is C24H23N5OS. The first-order valence-electron chi connectivity index (χ1n) is 9.88. The Labute approximate surface area is 185 Å². The van der Waals surface area contributed by atoms with Crippen LogP contribution in [0, 0.1) is 13.8 Å². The summed E-state index contributed by atoms with van der Waals surface area (Å²) in [7, 11) is 0. The van der Waals surface area contributed by atoms with E-state index in [9.17, 15) is 4.79 Å². The highest BCUT2D eigenvalue weighted by Crippen LogP contribution is 2.36. The summed E-state index contributed by atoms with van der Waals surface area (Å²) >= 11 is 1.27. The molecule has 3 N–H and O–H groups in total. The molecule has 0 saturated heterocycles. The lowest BCUT2D eigenvalue weighted by atomic mass is 10.1. The average Bonchev–Trinajstić information content (AvgIpc) is 3.15. The lowest BCUT2D eigenvalue weighted by Gasteiger charge is -2.16. The van der Waals surface area contributed by atoms with E-state index in [1.165, 1.54) is 16.4 Å². The molecule has 0 aliphatic heterocycles. The van der Waals surface area contributed by atoms with Crippen molar-refractivity contribution in [3.8, 4) is 11.4 Å². The Bertz CT molecular complexity index is 1170. The third kappa shape index (κ3) is 4.78. The molecule has 0 aliphatic rings. The van der Waals surface area contributed by atoms with Gasteiger partial charge in [-0.3, -0.25) is 4.79 Å². The van der Waals surface area contributed by atoms with Crippen LogP contribution in [0.5, 0.6) is 0 Å². The predicted molar refractivity (Wildman–Crippen MR) is 125 cm³/mol. The van der Waals surface area contributed by atoms with E-state index in [4.69, 9.17) is 5.84 Å². The Hall–Kier alpha value is -3.58. The summed E-state index contributed by atoms with van der Waals surface area (Å²) in [5.41, 5.74) is 4.75. The molecule has 3 aromatic carbocycles. The monoisotopic (exact) mass is 429 g/mol. The molecule has 1 amide bonds. The maximum Gasteiger partial charge on any atom is 0.242 e. The van der Waals surface area contributed by atoms with Crippen LogP contribution in [0.1, 0.15) is 21.9 Å². The highest BCUT2D eigenvalue weighted by Gasteiger charge is 2.25. The summed E-state index contributed by atoms with van der Waals surface area (Å²) in [5.74, 6) is 6.70. The van der Waals surface area contributed by atoms with Gasteiger partial charge in [0.2, 0.25) is 11.1 Å². The second-order valence-electron chi connectivity index (χ2n) is 7.31. The zero-order valence-electron chi connectivity index (χ0n) is 17.3. The first kappa shape index (κ1) is 20.7. The molecule has 6 nitrogen and oxygen atoms in total. The van der Waals surface area contributed by atoms with Crippen LogP contribution >= 0.6 is 11.8 Å². The van der Waals surface area contributed by atoms with Crippen LogP contribution in [0.4, 0.5) is 5.69 Å². The second kappa shape index (κ2) is 9.06. The van der Waals surface area contributed by atoms with E-state index in [0.717, 1.165) is 27.9 Å². The van der Waals surface area contributed by atoms with E-state index in [2.05, 4.69) is 15.5 Å². The SMILES string of the molecule is Cc1ccc(NC(=O)[C@H](Sc2nnc(-c3ccc(C)cc3)n2N)c2ccccc2)cc1. The van der Waals surface area contributed by atoms with Crippen LogP contribution < -0.4 is 11.2 Å². The second-order valence-corrected chi connectivity index (χ2v) is 8.38. The fourth-order valence-corrected chi connectivity index (χ4v) is 4.07. The standard InChI is InChI=1S/C24H23N5OS/c1-16-8-12-19(13-9-16)22-27-28-24(29(22)25)31-21(18-6-4-3-5-7-18)23(30)26-20-14-10-17(2)11-15-20/h3-15,21H,25H2,1-2H3,(H,26,30)/t21-/m1/s1. The third-order valence-electron chi connectivity index (χ3n) is 4.86. The molecule has 1 heterocycles. The summed E-state index contributed by atoms with van der Waals surface area (Å²) in [5, 5.41) is 11.4. The van der Waals surface area contributed by atoms with Gasteiger partial charge in [-0.05, 0) is 31.5 Å². The molecule has 1 aromatic heterocycles. The Morgan fingerprint density at radius 3 is 2.16 bits per heavy atom. The Morgan fingerprint density at radius 1 is 0.903 bits per heavy atom. The number of nitrogens with zero attached hydrogens (tertiary/aromatic N) is 3. The van der Waals surface area contributed by atoms with Crippen molar-refractivity contribution in [1.29, 1.82) is 0 Å². The molecule has 0 saturated carbocycles. The van der Waals surface area contributed by atoms with Gasteiger partial charge in [0, 0.05) is 11.3 Å². The smallest absolute Gasteiger partial charge is 0.242 e. The van der Waals surface area contributed by atoms with E-state index in [0.29, 0.717) is 11.0 Å².